The van der Waals surface area contributed by atoms with E-state index in [9.17, 15) is 14.7 Å². The predicted molar refractivity (Wildman–Crippen MR) is 62.8 cm³/mol. The molecule has 2 rings (SSSR count). The van der Waals surface area contributed by atoms with Gasteiger partial charge in [-0.15, -0.1) is 0 Å². The molecule has 1 atom stereocenters. The topological polar surface area (TPSA) is 78.5 Å². The molecule has 0 aliphatic carbocycles. The van der Waals surface area contributed by atoms with E-state index in [2.05, 4.69) is 5.32 Å². The summed E-state index contributed by atoms with van der Waals surface area (Å²) in [5.41, 5.74) is 1.28. The number of anilines is 1. The standard InChI is InChI=1S/C13H15NO4/c15-12(16)8-9-3-5-10(6-4-9)14-13(17)11-2-1-7-18-11/h3-6,11H,1-2,7-8H2,(H,14,17)(H,15,16)/p-1/t11-/m0/s1. The normalized spacial score (nSPS) is 18.6. The van der Waals surface area contributed by atoms with Crippen LogP contribution in [0.3, 0.4) is 0 Å². The highest BCUT2D eigenvalue weighted by molar-refractivity contribution is 5.94. The summed E-state index contributed by atoms with van der Waals surface area (Å²) < 4.78 is 5.27. The number of carboxylic acids is 1. The summed E-state index contributed by atoms with van der Waals surface area (Å²) in [6.07, 6.45) is 1.16. The van der Waals surface area contributed by atoms with Crippen molar-refractivity contribution in [3.05, 3.63) is 29.8 Å². The molecule has 1 fully saturated rings. The molecule has 96 valence electrons. The van der Waals surface area contributed by atoms with E-state index in [1.807, 2.05) is 0 Å². The van der Waals surface area contributed by atoms with Crippen molar-refractivity contribution in [1.29, 1.82) is 0 Å². The molecule has 0 aromatic heterocycles. The van der Waals surface area contributed by atoms with Gasteiger partial charge < -0.3 is 20.0 Å². The van der Waals surface area contributed by atoms with Gasteiger partial charge in [0.25, 0.3) is 5.91 Å². The van der Waals surface area contributed by atoms with Crippen LogP contribution >= 0.6 is 0 Å². The number of carboxylic acid groups (broad SMARTS) is 1. The van der Waals surface area contributed by atoms with E-state index in [-0.39, 0.29) is 18.4 Å². The quantitative estimate of drug-likeness (QED) is 0.819. The zero-order chi connectivity index (χ0) is 13.0. The molecule has 1 heterocycles. The highest BCUT2D eigenvalue weighted by Crippen LogP contribution is 2.15. The third-order valence-corrected chi connectivity index (χ3v) is 2.79. The Balaban J connectivity index is 1.93. The minimum Gasteiger partial charge on any atom is -0.550 e. The van der Waals surface area contributed by atoms with E-state index >= 15 is 0 Å². The molecule has 1 amide bonds. The molecular weight excluding hydrogens is 234 g/mol. The molecule has 1 aliphatic rings. The Morgan fingerprint density at radius 1 is 1.33 bits per heavy atom. The van der Waals surface area contributed by atoms with Crippen molar-refractivity contribution in [3.63, 3.8) is 0 Å². The van der Waals surface area contributed by atoms with Crippen molar-refractivity contribution in [2.45, 2.75) is 25.4 Å². The number of carbonyl (C=O) groups excluding carboxylic acids is 2. The number of aliphatic carboxylic acids is 1. The van der Waals surface area contributed by atoms with E-state index in [1.54, 1.807) is 24.3 Å². The maximum atomic E-state index is 11.7. The third-order valence-electron chi connectivity index (χ3n) is 2.79. The summed E-state index contributed by atoms with van der Waals surface area (Å²) in [6, 6.07) is 6.65. The van der Waals surface area contributed by atoms with Crippen LogP contribution in [0.5, 0.6) is 0 Å². The molecule has 0 saturated carbocycles. The van der Waals surface area contributed by atoms with Gasteiger partial charge in [-0.3, -0.25) is 4.79 Å². The van der Waals surface area contributed by atoms with Gasteiger partial charge in [-0.1, -0.05) is 12.1 Å². The van der Waals surface area contributed by atoms with Crippen molar-refractivity contribution in [2.75, 3.05) is 11.9 Å². The lowest BCUT2D eigenvalue weighted by Crippen LogP contribution is -2.27. The van der Waals surface area contributed by atoms with Crippen molar-refractivity contribution >= 4 is 17.6 Å². The van der Waals surface area contributed by atoms with Crippen LogP contribution in [-0.4, -0.2) is 24.6 Å². The largest absolute Gasteiger partial charge is 0.550 e. The van der Waals surface area contributed by atoms with E-state index in [1.165, 1.54) is 0 Å². The SMILES string of the molecule is O=C([O-])Cc1ccc(NC(=O)[C@@H]2CCCO2)cc1. The highest BCUT2D eigenvalue weighted by Gasteiger charge is 2.23. The first-order chi connectivity index (χ1) is 8.65. The molecule has 0 unspecified atom stereocenters. The first-order valence-corrected chi connectivity index (χ1v) is 5.86. The molecule has 5 nitrogen and oxygen atoms in total. The number of rotatable bonds is 4. The summed E-state index contributed by atoms with van der Waals surface area (Å²) in [5, 5.41) is 13.1. The van der Waals surface area contributed by atoms with Crippen LogP contribution in [0.25, 0.3) is 0 Å². The number of ether oxygens (including phenoxy) is 1. The van der Waals surface area contributed by atoms with Crippen LogP contribution in [0.15, 0.2) is 24.3 Å². The van der Waals surface area contributed by atoms with Crippen molar-refractivity contribution in [3.8, 4) is 0 Å². The number of carbonyl (C=O) groups is 2. The molecule has 5 heteroatoms. The van der Waals surface area contributed by atoms with E-state index in [0.717, 1.165) is 12.8 Å². The Hall–Kier alpha value is -1.88. The second-order valence-electron chi connectivity index (χ2n) is 4.24. The van der Waals surface area contributed by atoms with E-state index in [0.29, 0.717) is 17.9 Å². The van der Waals surface area contributed by atoms with Crippen LogP contribution in [0.4, 0.5) is 5.69 Å². The molecular formula is C13H14NO4-. The number of amides is 1. The fourth-order valence-electron chi connectivity index (χ4n) is 1.88. The lowest BCUT2D eigenvalue weighted by atomic mass is 10.1. The Morgan fingerprint density at radius 3 is 2.61 bits per heavy atom. The van der Waals surface area contributed by atoms with Crippen molar-refractivity contribution in [1.82, 2.24) is 0 Å². The Morgan fingerprint density at radius 2 is 2.06 bits per heavy atom. The summed E-state index contributed by atoms with van der Waals surface area (Å²) in [7, 11) is 0. The Labute approximate surface area is 105 Å². The van der Waals surface area contributed by atoms with Gasteiger partial charge in [0.2, 0.25) is 0 Å². The fraction of sp³-hybridized carbons (Fsp3) is 0.385. The van der Waals surface area contributed by atoms with Crippen LogP contribution in [0.2, 0.25) is 0 Å². The first-order valence-electron chi connectivity index (χ1n) is 5.86. The highest BCUT2D eigenvalue weighted by atomic mass is 16.5. The molecule has 1 aliphatic heterocycles. The lowest BCUT2D eigenvalue weighted by molar-refractivity contribution is -0.304. The van der Waals surface area contributed by atoms with Crippen molar-refractivity contribution in [2.24, 2.45) is 0 Å². The van der Waals surface area contributed by atoms with Gasteiger partial charge in [-0.25, -0.2) is 0 Å². The summed E-state index contributed by atoms with van der Waals surface area (Å²) >= 11 is 0. The second kappa shape index (κ2) is 5.64. The second-order valence-corrected chi connectivity index (χ2v) is 4.24. The molecule has 18 heavy (non-hydrogen) atoms. The first kappa shape index (κ1) is 12.6. The van der Waals surface area contributed by atoms with Crippen molar-refractivity contribution < 1.29 is 19.4 Å². The maximum Gasteiger partial charge on any atom is 0.253 e. The average molecular weight is 248 g/mol. The van der Waals surface area contributed by atoms with Crippen LogP contribution < -0.4 is 10.4 Å². The fourth-order valence-corrected chi connectivity index (χ4v) is 1.88. The lowest BCUT2D eigenvalue weighted by Gasteiger charge is -2.11. The zero-order valence-electron chi connectivity index (χ0n) is 9.85. The molecule has 0 spiro atoms. The number of nitrogens with one attached hydrogen (secondary N) is 1. The number of hydrogen-bond acceptors (Lipinski definition) is 4. The summed E-state index contributed by atoms with van der Waals surface area (Å²) in [6.45, 7) is 0.628. The molecule has 0 radical (unpaired) electrons. The molecule has 1 aromatic rings. The van der Waals surface area contributed by atoms with Gasteiger partial charge >= 0.3 is 0 Å². The number of benzene rings is 1. The summed E-state index contributed by atoms with van der Waals surface area (Å²) in [5.74, 6) is -1.27. The average Bonchev–Trinajstić information content (AvgIpc) is 2.84. The predicted octanol–water partition coefficient (Wildman–Crippen LogP) is 0.0965. The molecule has 0 bridgehead atoms. The molecule has 1 N–H and O–H groups in total. The third kappa shape index (κ3) is 3.30. The smallest absolute Gasteiger partial charge is 0.253 e. The van der Waals surface area contributed by atoms with Gasteiger partial charge in [0.1, 0.15) is 6.10 Å². The molecule has 1 saturated heterocycles. The van der Waals surface area contributed by atoms with E-state index in [4.69, 9.17) is 4.74 Å². The Bertz CT molecular complexity index is 435. The minimum absolute atomic E-state index is 0.125. The maximum absolute atomic E-state index is 11.7. The van der Waals surface area contributed by atoms with Gasteiger partial charge in [0, 0.05) is 24.7 Å². The molecule has 1 aromatic carbocycles. The summed E-state index contributed by atoms with van der Waals surface area (Å²) in [4.78, 5) is 22.1. The van der Waals surface area contributed by atoms with E-state index < -0.39 is 5.97 Å². The monoisotopic (exact) mass is 248 g/mol. The zero-order valence-corrected chi connectivity index (χ0v) is 9.85. The van der Waals surface area contributed by atoms with Crippen LogP contribution in [-0.2, 0) is 20.7 Å². The van der Waals surface area contributed by atoms with Crippen LogP contribution in [0, 0.1) is 0 Å². The van der Waals surface area contributed by atoms with Crippen LogP contribution in [0.1, 0.15) is 18.4 Å². The van der Waals surface area contributed by atoms with Gasteiger partial charge in [-0.05, 0) is 30.5 Å². The van der Waals surface area contributed by atoms with Gasteiger partial charge in [-0.2, -0.15) is 0 Å². The minimum atomic E-state index is -1.12. The Kier molecular flexibility index (Phi) is 3.94. The van der Waals surface area contributed by atoms with Gasteiger partial charge in [0.05, 0.1) is 0 Å². The number of hydrogen-bond donors (Lipinski definition) is 1. The van der Waals surface area contributed by atoms with Gasteiger partial charge in [0.15, 0.2) is 0 Å².